The number of anilines is 1. The molecule has 6 nitrogen and oxygen atoms in total. The first-order chi connectivity index (χ1) is 17.8. The summed E-state index contributed by atoms with van der Waals surface area (Å²) in [7, 11) is 0. The zero-order chi connectivity index (χ0) is 26.0. The molecule has 0 radical (unpaired) electrons. The molecular weight excluding hydrogens is 464 g/mol. The molecule has 0 saturated carbocycles. The van der Waals surface area contributed by atoms with Crippen molar-refractivity contribution in [1.82, 2.24) is 4.98 Å². The van der Waals surface area contributed by atoms with Crippen molar-refractivity contribution in [2.24, 2.45) is 5.41 Å². The van der Waals surface area contributed by atoms with E-state index in [1.54, 1.807) is 18.3 Å². The highest BCUT2D eigenvalue weighted by Crippen LogP contribution is 2.35. The van der Waals surface area contributed by atoms with Gasteiger partial charge in [-0.25, -0.2) is 9.78 Å². The van der Waals surface area contributed by atoms with E-state index in [1.807, 2.05) is 24.3 Å². The number of pyridine rings is 1. The van der Waals surface area contributed by atoms with Crippen molar-refractivity contribution in [3.8, 4) is 22.6 Å². The molecule has 0 aliphatic carbocycles. The lowest BCUT2D eigenvalue weighted by molar-refractivity contribution is 0.0697. The molecule has 0 spiro atoms. The summed E-state index contributed by atoms with van der Waals surface area (Å²) in [5.74, 6) is 1.52. The fraction of sp³-hybridized carbons (Fsp3) is 0.290. The number of carboxylic acid groups (broad SMARTS) is 1. The zero-order valence-electron chi connectivity index (χ0n) is 21.5. The molecule has 3 aromatic carbocycles. The normalized spacial score (nSPS) is 12.9. The Morgan fingerprint density at radius 3 is 2.38 bits per heavy atom. The van der Waals surface area contributed by atoms with Crippen LogP contribution in [0, 0.1) is 5.41 Å². The second-order valence-corrected chi connectivity index (χ2v) is 10.7. The van der Waals surface area contributed by atoms with Crippen LogP contribution in [0.3, 0.4) is 0 Å². The van der Waals surface area contributed by atoms with E-state index in [9.17, 15) is 9.90 Å². The predicted molar refractivity (Wildman–Crippen MR) is 147 cm³/mol. The summed E-state index contributed by atoms with van der Waals surface area (Å²) in [5, 5.41) is 11.2. The van der Waals surface area contributed by atoms with E-state index in [2.05, 4.69) is 56.0 Å². The van der Waals surface area contributed by atoms with Gasteiger partial charge in [-0.1, -0.05) is 51.1 Å². The van der Waals surface area contributed by atoms with Crippen LogP contribution in [0.2, 0.25) is 0 Å². The largest absolute Gasteiger partial charge is 0.486 e. The van der Waals surface area contributed by atoms with Crippen molar-refractivity contribution >= 4 is 22.6 Å². The standard InChI is InChI=1S/C31H32N2O4/c1-31(2,3)13-15-33(29-26-10-8-25(30(34)35)18-24(26)12-14-32-29)20-21-4-6-22(7-5-21)23-9-11-27-28(19-23)37-17-16-36-27/h4-12,14,18-19H,13,15-17,20H2,1-3H3,(H,34,35). The maximum Gasteiger partial charge on any atom is 0.335 e. The van der Waals surface area contributed by atoms with E-state index < -0.39 is 5.97 Å². The molecule has 190 valence electrons. The first-order valence-corrected chi connectivity index (χ1v) is 12.6. The Bertz CT molecular complexity index is 1420. The highest BCUT2D eigenvalue weighted by molar-refractivity contribution is 5.98. The van der Waals surface area contributed by atoms with Gasteiger partial charge >= 0.3 is 5.97 Å². The molecule has 1 aliphatic heterocycles. The number of hydrogen-bond acceptors (Lipinski definition) is 5. The van der Waals surface area contributed by atoms with Gasteiger partial charge in [-0.05, 0) is 70.3 Å². The fourth-order valence-corrected chi connectivity index (χ4v) is 4.52. The van der Waals surface area contributed by atoms with E-state index in [-0.39, 0.29) is 11.0 Å². The highest BCUT2D eigenvalue weighted by Gasteiger charge is 2.18. The molecule has 1 N–H and O–H groups in total. The van der Waals surface area contributed by atoms with Gasteiger partial charge in [0.1, 0.15) is 19.0 Å². The molecule has 4 aromatic rings. The lowest BCUT2D eigenvalue weighted by Crippen LogP contribution is -2.28. The van der Waals surface area contributed by atoms with E-state index in [0.717, 1.165) is 52.2 Å². The van der Waals surface area contributed by atoms with Crippen molar-refractivity contribution in [1.29, 1.82) is 0 Å². The number of fused-ring (bicyclic) bond motifs is 2. The molecule has 5 rings (SSSR count). The Hall–Kier alpha value is -4.06. The van der Waals surface area contributed by atoms with Gasteiger partial charge in [-0.2, -0.15) is 0 Å². The summed E-state index contributed by atoms with van der Waals surface area (Å²) < 4.78 is 11.4. The summed E-state index contributed by atoms with van der Waals surface area (Å²) in [6.45, 7) is 9.40. The van der Waals surface area contributed by atoms with Crippen LogP contribution >= 0.6 is 0 Å². The lowest BCUT2D eigenvalue weighted by atomic mass is 9.92. The maximum absolute atomic E-state index is 11.5. The van der Waals surface area contributed by atoms with E-state index >= 15 is 0 Å². The number of hydrogen-bond donors (Lipinski definition) is 1. The molecule has 1 aliphatic rings. The van der Waals surface area contributed by atoms with E-state index in [0.29, 0.717) is 19.8 Å². The van der Waals surface area contributed by atoms with Gasteiger partial charge in [0.05, 0.1) is 5.56 Å². The average molecular weight is 497 g/mol. The van der Waals surface area contributed by atoms with Crippen LogP contribution in [-0.2, 0) is 6.54 Å². The van der Waals surface area contributed by atoms with E-state index in [1.165, 1.54) is 5.56 Å². The summed E-state index contributed by atoms with van der Waals surface area (Å²) in [6.07, 6.45) is 2.76. The van der Waals surface area contributed by atoms with Crippen molar-refractivity contribution in [2.45, 2.75) is 33.7 Å². The monoisotopic (exact) mass is 496 g/mol. The quantitative estimate of drug-likeness (QED) is 0.303. The number of carbonyl (C=O) groups is 1. The first kappa shape index (κ1) is 24.6. The van der Waals surface area contributed by atoms with Gasteiger partial charge in [0.2, 0.25) is 0 Å². The third-order valence-corrected chi connectivity index (χ3v) is 6.62. The summed E-state index contributed by atoms with van der Waals surface area (Å²) >= 11 is 0. The van der Waals surface area contributed by atoms with Gasteiger partial charge in [0.25, 0.3) is 0 Å². The Labute approximate surface area is 217 Å². The predicted octanol–water partition coefficient (Wildman–Crippen LogP) is 6.81. The second-order valence-electron chi connectivity index (χ2n) is 10.7. The topological polar surface area (TPSA) is 71.9 Å². The number of carboxylic acids is 1. The average Bonchev–Trinajstić information content (AvgIpc) is 2.90. The second kappa shape index (κ2) is 10.1. The molecule has 1 aromatic heterocycles. The Morgan fingerprint density at radius 2 is 1.65 bits per heavy atom. The number of aromatic nitrogens is 1. The van der Waals surface area contributed by atoms with E-state index in [4.69, 9.17) is 14.5 Å². The van der Waals surface area contributed by atoms with Gasteiger partial charge < -0.3 is 19.5 Å². The number of benzene rings is 3. The summed E-state index contributed by atoms with van der Waals surface area (Å²) in [6, 6.07) is 21.8. The van der Waals surface area contributed by atoms with Crippen LogP contribution in [-0.4, -0.2) is 35.8 Å². The zero-order valence-corrected chi connectivity index (χ0v) is 21.5. The van der Waals surface area contributed by atoms with Crippen molar-refractivity contribution in [3.63, 3.8) is 0 Å². The van der Waals surface area contributed by atoms with Crippen molar-refractivity contribution in [2.75, 3.05) is 24.7 Å². The smallest absolute Gasteiger partial charge is 0.335 e. The maximum atomic E-state index is 11.5. The Balaban J connectivity index is 1.43. The number of aromatic carboxylic acids is 1. The molecule has 0 bridgehead atoms. The highest BCUT2D eigenvalue weighted by atomic mass is 16.6. The molecule has 37 heavy (non-hydrogen) atoms. The van der Waals surface area contributed by atoms with Crippen LogP contribution in [0.4, 0.5) is 5.82 Å². The molecule has 0 amide bonds. The van der Waals surface area contributed by atoms with Gasteiger partial charge in [0, 0.05) is 24.7 Å². The minimum atomic E-state index is -0.928. The van der Waals surface area contributed by atoms with Crippen molar-refractivity contribution in [3.05, 3.63) is 84.1 Å². The molecule has 6 heteroatoms. The fourth-order valence-electron chi connectivity index (χ4n) is 4.52. The minimum absolute atomic E-state index is 0.168. The van der Waals surface area contributed by atoms with Gasteiger partial charge in [-0.3, -0.25) is 0 Å². The number of rotatable bonds is 7. The molecule has 0 atom stereocenters. The SMILES string of the molecule is CC(C)(C)CCN(Cc1ccc(-c2ccc3c(c2)OCCO3)cc1)c1nccc2cc(C(=O)O)ccc12. The summed E-state index contributed by atoms with van der Waals surface area (Å²) in [4.78, 5) is 18.5. The Morgan fingerprint density at radius 1 is 0.919 bits per heavy atom. The molecule has 0 unspecified atom stereocenters. The summed E-state index contributed by atoms with van der Waals surface area (Å²) in [5.41, 5.74) is 3.83. The Kier molecular flexibility index (Phi) is 6.74. The molecule has 2 heterocycles. The lowest BCUT2D eigenvalue weighted by Gasteiger charge is -2.29. The van der Waals surface area contributed by atoms with Crippen LogP contribution in [0.15, 0.2) is 72.9 Å². The minimum Gasteiger partial charge on any atom is -0.486 e. The van der Waals surface area contributed by atoms with Gasteiger partial charge in [0.15, 0.2) is 11.5 Å². The van der Waals surface area contributed by atoms with Crippen LogP contribution < -0.4 is 14.4 Å². The molecule has 0 saturated heterocycles. The molecular formula is C31H32N2O4. The third kappa shape index (κ3) is 5.69. The van der Waals surface area contributed by atoms with Crippen LogP contribution in [0.25, 0.3) is 21.9 Å². The van der Waals surface area contributed by atoms with Crippen LogP contribution in [0.5, 0.6) is 11.5 Å². The number of nitrogens with zero attached hydrogens (tertiary/aromatic N) is 2. The first-order valence-electron chi connectivity index (χ1n) is 12.6. The number of ether oxygens (including phenoxy) is 2. The third-order valence-electron chi connectivity index (χ3n) is 6.62. The molecule has 0 fully saturated rings. The van der Waals surface area contributed by atoms with Crippen LogP contribution in [0.1, 0.15) is 43.1 Å². The van der Waals surface area contributed by atoms with Gasteiger partial charge in [-0.15, -0.1) is 0 Å². The van der Waals surface area contributed by atoms with Crippen molar-refractivity contribution < 1.29 is 19.4 Å².